The number of benzene rings is 2. The minimum atomic E-state index is -2.27. The Morgan fingerprint density at radius 2 is 1.62 bits per heavy atom. The smallest absolute Gasteiger partial charge is 0.335 e. The lowest BCUT2D eigenvalue weighted by molar-refractivity contribution is -0.165. The Morgan fingerprint density at radius 3 is 2.24 bits per heavy atom. The molecular formula is C26H33ClN2O8. The van der Waals surface area contributed by atoms with Crippen LogP contribution in [-0.2, 0) is 33.7 Å². The van der Waals surface area contributed by atoms with E-state index in [9.17, 15) is 9.59 Å². The fraction of sp³-hybridized carbons (Fsp3) is 0.462. The molecular weight excluding hydrogens is 504 g/mol. The Hall–Kier alpha value is -2.89. The highest BCUT2D eigenvalue weighted by molar-refractivity contribution is 6.33. The third-order valence-corrected chi connectivity index (χ3v) is 6.47. The summed E-state index contributed by atoms with van der Waals surface area (Å²) in [7, 11) is 0. The molecule has 202 valence electrons. The van der Waals surface area contributed by atoms with Gasteiger partial charge in [-0.25, -0.2) is 9.59 Å². The first-order valence-corrected chi connectivity index (χ1v) is 12.5. The number of rotatable bonds is 8. The first-order valence-electron chi connectivity index (χ1n) is 12.2. The van der Waals surface area contributed by atoms with Gasteiger partial charge in [0.1, 0.15) is 11.9 Å². The number of fused-ring (bicyclic) bond motifs is 1. The molecule has 11 heteroatoms. The van der Waals surface area contributed by atoms with E-state index in [1.807, 2.05) is 6.07 Å². The van der Waals surface area contributed by atoms with E-state index < -0.39 is 24.1 Å². The van der Waals surface area contributed by atoms with Crippen LogP contribution in [0.4, 0.5) is 5.69 Å². The predicted molar refractivity (Wildman–Crippen MR) is 137 cm³/mol. The maximum Gasteiger partial charge on any atom is 0.335 e. The maximum atomic E-state index is 9.77. The van der Waals surface area contributed by atoms with Crippen molar-refractivity contribution in [1.82, 2.24) is 5.32 Å². The molecule has 2 heterocycles. The fourth-order valence-corrected chi connectivity index (χ4v) is 4.31. The Balaban J connectivity index is 0.000000325. The van der Waals surface area contributed by atoms with Crippen LogP contribution in [0.25, 0.3) is 0 Å². The summed E-state index contributed by atoms with van der Waals surface area (Å²) in [4.78, 5) is 19.5. The third-order valence-electron chi connectivity index (χ3n) is 6.15. The van der Waals surface area contributed by atoms with Crippen molar-refractivity contribution in [2.45, 2.75) is 50.5 Å². The standard InChI is InChI=1S/C22H27ClN2O2.C4H6O6/c23-21-6-3-17-7-11-24-12-8-20(17)22(21)25-15-16-1-4-18(5-2-16)27-19-9-13-26-14-10-19;5-1(3(7)8)2(6)4(9)10/h1-6,19,24-25H,7-15H2;1-2,5-6H,(H,7,8)(H,9,10)/t;1-,2-/m.1/s1. The fourth-order valence-electron chi connectivity index (χ4n) is 4.07. The highest BCUT2D eigenvalue weighted by Gasteiger charge is 2.29. The molecule has 0 amide bonds. The van der Waals surface area contributed by atoms with Gasteiger partial charge in [-0.2, -0.15) is 0 Å². The van der Waals surface area contributed by atoms with Crippen LogP contribution in [0.5, 0.6) is 5.75 Å². The second-order valence-corrected chi connectivity index (χ2v) is 9.21. The van der Waals surface area contributed by atoms with Gasteiger partial charge >= 0.3 is 11.9 Å². The van der Waals surface area contributed by atoms with E-state index in [1.54, 1.807) is 0 Å². The molecule has 1 fully saturated rings. The summed E-state index contributed by atoms with van der Waals surface area (Å²) in [6, 6.07) is 12.5. The molecule has 0 bridgehead atoms. The minimum absolute atomic E-state index is 0.273. The van der Waals surface area contributed by atoms with E-state index in [0.29, 0.717) is 0 Å². The third kappa shape index (κ3) is 8.58. The van der Waals surface area contributed by atoms with Crippen molar-refractivity contribution >= 4 is 29.2 Å². The number of nitrogens with one attached hydrogen (secondary N) is 2. The largest absolute Gasteiger partial charge is 0.490 e. The monoisotopic (exact) mass is 536 g/mol. The van der Waals surface area contributed by atoms with E-state index in [0.717, 1.165) is 75.0 Å². The van der Waals surface area contributed by atoms with E-state index in [2.05, 4.69) is 41.0 Å². The highest BCUT2D eigenvalue weighted by Crippen LogP contribution is 2.31. The Bertz CT molecular complexity index is 1030. The molecule has 2 aliphatic rings. The van der Waals surface area contributed by atoms with Crippen LogP contribution >= 0.6 is 11.6 Å². The zero-order valence-electron chi connectivity index (χ0n) is 20.4. The van der Waals surface area contributed by atoms with E-state index in [-0.39, 0.29) is 6.10 Å². The Labute approximate surface area is 220 Å². The summed E-state index contributed by atoms with van der Waals surface area (Å²) in [5, 5.41) is 40.4. The maximum absolute atomic E-state index is 9.77. The number of aliphatic hydroxyl groups is 2. The van der Waals surface area contributed by atoms with Crippen LogP contribution in [0.2, 0.25) is 5.02 Å². The van der Waals surface area contributed by atoms with Gasteiger partial charge in [0.15, 0.2) is 12.2 Å². The quantitative estimate of drug-likeness (QED) is 0.295. The number of carbonyl (C=O) groups is 2. The molecule has 2 aromatic rings. The lowest BCUT2D eigenvalue weighted by Gasteiger charge is -2.23. The number of hydrogen-bond acceptors (Lipinski definition) is 8. The normalized spacial score (nSPS) is 17.3. The Kier molecular flexibility index (Phi) is 11.0. The number of carboxylic acids is 2. The molecule has 0 unspecified atom stereocenters. The molecule has 0 saturated carbocycles. The molecule has 2 aliphatic heterocycles. The summed E-state index contributed by atoms with van der Waals surface area (Å²) in [6.45, 7) is 4.37. The van der Waals surface area contributed by atoms with Crippen LogP contribution in [0.3, 0.4) is 0 Å². The molecule has 0 aromatic heterocycles. The summed E-state index contributed by atoms with van der Waals surface area (Å²) in [5.41, 5.74) is 5.05. The van der Waals surface area contributed by atoms with Crippen molar-refractivity contribution < 1.29 is 39.5 Å². The van der Waals surface area contributed by atoms with Crippen LogP contribution in [0.1, 0.15) is 29.5 Å². The SMILES string of the molecule is Clc1ccc2c(c1NCc1ccc(OC3CCOCC3)cc1)CCNCC2.O=C(O)[C@H](O)[C@@H](O)C(=O)O. The van der Waals surface area contributed by atoms with Crippen molar-refractivity contribution in [2.24, 2.45) is 0 Å². The van der Waals surface area contributed by atoms with Gasteiger partial charge in [0.2, 0.25) is 0 Å². The minimum Gasteiger partial charge on any atom is -0.490 e. The molecule has 1 saturated heterocycles. The number of aliphatic hydroxyl groups excluding tert-OH is 2. The van der Waals surface area contributed by atoms with Gasteiger partial charge in [0.25, 0.3) is 0 Å². The molecule has 37 heavy (non-hydrogen) atoms. The van der Waals surface area contributed by atoms with Gasteiger partial charge in [0.05, 0.1) is 23.9 Å². The van der Waals surface area contributed by atoms with Crippen molar-refractivity contribution in [1.29, 1.82) is 0 Å². The lowest BCUT2D eigenvalue weighted by Crippen LogP contribution is -2.39. The molecule has 10 nitrogen and oxygen atoms in total. The van der Waals surface area contributed by atoms with Crippen LogP contribution in [-0.4, -0.2) is 77.0 Å². The van der Waals surface area contributed by atoms with Crippen LogP contribution in [0, 0.1) is 0 Å². The van der Waals surface area contributed by atoms with Crippen molar-refractivity contribution in [3.63, 3.8) is 0 Å². The first kappa shape index (κ1) is 28.7. The van der Waals surface area contributed by atoms with Crippen molar-refractivity contribution in [3.8, 4) is 5.75 Å². The van der Waals surface area contributed by atoms with E-state index in [1.165, 1.54) is 16.7 Å². The van der Waals surface area contributed by atoms with E-state index in [4.69, 9.17) is 41.5 Å². The number of anilines is 1. The number of hydrogen-bond donors (Lipinski definition) is 6. The van der Waals surface area contributed by atoms with Gasteiger partial charge < -0.3 is 40.5 Å². The number of carboxylic acid groups (broad SMARTS) is 2. The molecule has 2 atom stereocenters. The zero-order valence-corrected chi connectivity index (χ0v) is 21.1. The highest BCUT2D eigenvalue weighted by atomic mass is 35.5. The van der Waals surface area contributed by atoms with Gasteiger partial charge in [-0.05, 0) is 60.8 Å². The number of aliphatic carboxylic acids is 2. The van der Waals surface area contributed by atoms with Gasteiger partial charge in [-0.15, -0.1) is 0 Å². The molecule has 0 radical (unpaired) electrons. The molecule has 2 aromatic carbocycles. The van der Waals surface area contributed by atoms with Crippen molar-refractivity contribution in [2.75, 3.05) is 31.6 Å². The van der Waals surface area contributed by atoms with E-state index >= 15 is 0 Å². The summed E-state index contributed by atoms with van der Waals surface area (Å²) >= 11 is 6.50. The molecule has 4 rings (SSSR count). The second-order valence-electron chi connectivity index (χ2n) is 8.80. The average Bonchev–Trinajstić information content (AvgIpc) is 3.15. The van der Waals surface area contributed by atoms with Gasteiger partial charge in [-0.3, -0.25) is 0 Å². The topological polar surface area (TPSA) is 158 Å². The van der Waals surface area contributed by atoms with Gasteiger partial charge in [0, 0.05) is 19.4 Å². The average molecular weight is 537 g/mol. The summed E-state index contributed by atoms with van der Waals surface area (Å²) in [5.74, 6) is -2.60. The number of ether oxygens (including phenoxy) is 2. The Morgan fingerprint density at radius 1 is 1.00 bits per heavy atom. The van der Waals surface area contributed by atoms with Crippen molar-refractivity contribution in [3.05, 3.63) is 58.1 Å². The zero-order chi connectivity index (χ0) is 26.8. The lowest BCUT2D eigenvalue weighted by atomic mass is 10.0. The predicted octanol–water partition coefficient (Wildman–Crippen LogP) is 2.08. The molecule has 6 N–H and O–H groups in total. The van der Waals surface area contributed by atoms with Crippen LogP contribution < -0.4 is 15.4 Å². The van der Waals surface area contributed by atoms with Gasteiger partial charge in [-0.1, -0.05) is 29.8 Å². The van der Waals surface area contributed by atoms with Crippen LogP contribution in [0.15, 0.2) is 36.4 Å². The summed E-state index contributed by atoms with van der Waals surface area (Å²) in [6.07, 6.45) is -0.258. The number of halogens is 1. The molecule has 0 aliphatic carbocycles. The second kappa shape index (κ2) is 14.2. The molecule has 0 spiro atoms. The first-order chi connectivity index (χ1) is 17.8. The summed E-state index contributed by atoms with van der Waals surface area (Å²) < 4.78 is 11.4.